The van der Waals surface area contributed by atoms with Crippen LogP contribution in [0.4, 0.5) is 10.3 Å². The number of hydrogen-bond acceptors (Lipinski definition) is 4. The average molecular weight is 290 g/mol. The molecule has 0 saturated carbocycles. The van der Waals surface area contributed by atoms with E-state index in [0.717, 1.165) is 10.5 Å². The summed E-state index contributed by atoms with van der Waals surface area (Å²) in [6, 6.07) is 3.21. The van der Waals surface area contributed by atoms with Crippen molar-refractivity contribution in [2.75, 3.05) is 5.73 Å². The first-order valence-electron chi connectivity index (χ1n) is 6.26. The van der Waals surface area contributed by atoms with Gasteiger partial charge in [0.05, 0.1) is 16.6 Å². The topological polar surface area (TPSA) is 56.7 Å². The Morgan fingerprint density at radius 2 is 2.10 bits per heavy atom. The summed E-state index contributed by atoms with van der Waals surface area (Å²) in [6.07, 6.45) is 1.77. The van der Waals surface area contributed by atoms with Crippen LogP contribution in [0.1, 0.15) is 24.4 Å². The molecule has 104 valence electrons. The molecule has 0 fully saturated rings. The lowest BCUT2D eigenvalue weighted by atomic mass is 10.1. The van der Waals surface area contributed by atoms with Crippen molar-refractivity contribution in [3.8, 4) is 0 Å². The standard InChI is InChI=1S/C14H15FN4S/c1-8-6-11-10(7-9(8)15)18-13(16)19(11)14(2,3)12-17-4-5-20-12/h4-7H,1-3H3,(H2,16,18). The van der Waals surface area contributed by atoms with Crippen LogP contribution in [0.2, 0.25) is 0 Å². The zero-order valence-electron chi connectivity index (χ0n) is 11.5. The Hall–Kier alpha value is -1.95. The second kappa shape index (κ2) is 4.28. The van der Waals surface area contributed by atoms with Gasteiger partial charge in [-0.25, -0.2) is 14.4 Å². The third-order valence-corrected chi connectivity index (χ3v) is 4.56. The van der Waals surface area contributed by atoms with Crippen molar-refractivity contribution in [1.29, 1.82) is 0 Å². The van der Waals surface area contributed by atoms with E-state index in [1.807, 2.05) is 23.8 Å². The highest BCUT2D eigenvalue weighted by Crippen LogP contribution is 2.34. The number of aromatic nitrogens is 3. The van der Waals surface area contributed by atoms with Gasteiger partial charge in [-0.1, -0.05) is 0 Å². The highest BCUT2D eigenvalue weighted by molar-refractivity contribution is 7.09. The van der Waals surface area contributed by atoms with Crippen LogP contribution in [-0.2, 0) is 5.54 Å². The first-order valence-corrected chi connectivity index (χ1v) is 7.14. The number of fused-ring (bicyclic) bond motifs is 1. The number of nitrogens with two attached hydrogens (primary N) is 1. The van der Waals surface area contributed by atoms with Crippen LogP contribution in [0.25, 0.3) is 11.0 Å². The third kappa shape index (κ3) is 1.79. The summed E-state index contributed by atoms with van der Waals surface area (Å²) in [5.74, 6) is 0.0967. The van der Waals surface area contributed by atoms with Gasteiger partial charge >= 0.3 is 0 Å². The molecule has 0 aliphatic rings. The molecular weight excluding hydrogens is 275 g/mol. The van der Waals surface area contributed by atoms with Crippen molar-refractivity contribution in [3.05, 3.63) is 40.1 Å². The number of imidazole rings is 1. The maximum atomic E-state index is 13.7. The van der Waals surface area contributed by atoms with Crippen LogP contribution in [0.5, 0.6) is 0 Å². The van der Waals surface area contributed by atoms with Gasteiger partial charge in [0.25, 0.3) is 0 Å². The van der Waals surface area contributed by atoms with E-state index in [-0.39, 0.29) is 5.82 Å². The summed E-state index contributed by atoms with van der Waals surface area (Å²) < 4.78 is 15.6. The van der Waals surface area contributed by atoms with E-state index < -0.39 is 5.54 Å². The lowest BCUT2D eigenvalue weighted by Gasteiger charge is -2.26. The molecule has 6 heteroatoms. The fourth-order valence-corrected chi connectivity index (χ4v) is 3.18. The first-order chi connectivity index (χ1) is 9.41. The molecule has 4 nitrogen and oxygen atoms in total. The lowest BCUT2D eigenvalue weighted by Crippen LogP contribution is -2.28. The van der Waals surface area contributed by atoms with Gasteiger partial charge in [-0.3, -0.25) is 4.57 Å². The molecule has 2 N–H and O–H groups in total. The van der Waals surface area contributed by atoms with Gasteiger partial charge in [-0.2, -0.15) is 0 Å². The molecule has 0 spiro atoms. The van der Waals surface area contributed by atoms with E-state index in [2.05, 4.69) is 9.97 Å². The van der Waals surface area contributed by atoms with E-state index in [0.29, 0.717) is 17.0 Å². The second-order valence-electron chi connectivity index (χ2n) is 5.29. The minimum atomic E-state index is -0.433. The number of halogens is 1. The number of hydrogen-bond donors (Lipinski definition) is 1. The Morgan fingerprint density at radius 1 is 1.35 bits per heavy atom. The number of aryl methyl sites for hydroxylation is 1. The summed E-state index contributed by atoms with van der Waals surface area (Å²) in [5.41, 5.74) is 7.58. The van der Waals surface area contributed by atoms with Crippen molar-refractivity contribution in [2.45, 2.75) is 26.3 Å². The molecule has 2 heterocycles. The molecule has 0 unspecified atom stereocenters. The normalized spacial score (nSPS) is 12.2. The zero-order chi connectivity index (χ0) is 14.5. The van der Waals surface area contributed by atoms with Gasteiger partial charge in [0.1, 0.15) is 10.8 Å². The molecule has 3 aromatic rings. The minimum absolute atomic E-state index is 0.269. The van der Waals surface area contributed by atoms with Crippen LogP contribution in [0, 0.1) is 12.7 Å². The second-order valence-corrected chi connectivity index (χ2v) is 6.19. The van der Waals surface area contributed by atoms with Gasteiger partial charge in [0.15, 0.2) is 0 Å². The molecule has 3 rings (SSSR count). The van der Waals surface area contributed by atoms with E-state index in [1.54, 1.807) is 30.5 Å². The Bertz CT molecular complexity index is 774. The van der Waals surface area contributed by atoms with E-state index in [9.17, 15) is 4.39 Å². The molecule has 20 heavy (non-hydrogen) atoms. The van der Waals surface area contributed by atoms with Gasteiger partial charge in [0.2, 0.25) is 5.95 Å². The molecule has 2 aromatic heterocycles. The van der Waals surface area contributed by atoms with Crippen molar-refractivity contribution in [3.63, 3.8) is 0 Å². The molecule has 0 bridgehead atoms. The monoisotopic (exact) mass is 290 g/mol. The molecular formula is C14H15FN4S. The maximum absolute atomic E-state index is 13.7. The fourth-order valence-electron chi connectivity index (χ4n) is 2.43. The highest BCUT2D eigenvalue weighted by atomic mass is 32.1. The first kappa shape index (κ1) is 13.1. The zero-order valence-corrected chi connectivity index (χ0v) is 12.3. The Balaban J connectivity index is 2.31. The van der Waals surface area contributed by atoms with Gasteiger partial charge in [-0.15, -0.1) is 11.3 Å². The van der Waals surface area contributed by atoms with E-state index >= 15 is 0 Å². The highest BCUT2D eigenvalue weighted by Gasteiger charge is 2.30. The summed E-state index contributed by atoms with van der Waals surface area (Å²) in [7, 11) is 0. The number of thiazole rings is 1. The number of anilines is 1. The molecule has 0 saturated heterocycles. The lowest BCUT2D eigenvalue weighted by molar-refractivity contribution is 0.452. The quantitative estimate of drug-likeness (QED) is 0.787. The van der Waals surface area contributed by atoms with Crippen LogP contribution >= 0.6 is 11.3 Å². The van der Waals surface area contributed by atoms with Crippen molar-refractivity contribution in [1.82, 2.24) is 14.5 Å². The third-order valence-electron chi connectivity index (χ3n) is 3.48. The van der Waals surface area contributed by atoms with Crippen LogP contribution in [0.3, 0.4) is 0 Å². The van der Waals surface area contributed by atoms with Crippen LogP contribution in [0.15, 0.2) is 23.7 Å². The maximum Gasteiger partial charge on any atom is 0.202 e. The molecule has 0 atom stereocenters. The predicted octanol–water partition coefficient (Wildman–Crippen LogP) is 3.31. The molecule has 0 aliphatic carbocycles. The van der Waals surface area contributed by atoms with Crippen molar-refractivity contribution < 1.29 is 4.39 Å². The summed E-state index contributed by atoms with van der Waals surface area (Å²) in [4.78, 5) is 8.64. The average Bonchev–Trinajstić information content (AvgIpc) is 2.97. The van der Waals surface area contributed by atoms with E-state index in [4.69, 9.17) is 5.73 Å². The van der Waals surface area contributed by atoms with Crippen molar-refractivity contribution >= 4 is 28.3 Å². The fraction of sp³-hybridized carbons (Fsp3) is 0.286. The SMILES string of the molecule is Cc1cc2c(cc1F)nc(N)n2C(C)(C)c1nccs1. The number of nitrogens with zero attached hydrogens (tertiary/aromatic N) is 3. The number of nitrogen functional groups attached to an aromatic ring is 1. The Morgan fingerprint density at radius 3 is 2.75 bits per heavy atom. The molecule has 0 radical (unpaired) electrons. The smallest absolute Gasteiger partial charge is 0.202 e. The minimum Gasteiger partial charge on any atom is -0.369 e. The molecule has 0 amide bonds. The van der Waals surface area contributed by atoms with Crippen LogP contribution < -0.4 is 5.73 Å². The van der Waals surface area contributed by atoms with Gasteiger partial charge in [-0.05, 0) is 32.4 Å². The van der Waals surface area contributed by atoms with Crippen LogP contribution in [-0.4, -0.2) is 14.5 Å². The number of benzene rings is 1. The number of rotatable bonds is 2. The summed E-state index contributed by atoms with van der Waals surface area (Å²) in [5, 5.41) is 2.86. The Labute approximate surface area is 120 Å². The Kier molecular flexibility index (Phi) is 2.79. The summed E-state index contributed by atoms with van der Waals surface area (Å²) >= 11 is 1.56. The summed E-state index contributed by atoms with van der Waals surface area (Å²) in [6.45, 7) is 5.79. The molecule has 0 aliphatic heterocycles. The molecule has 1 aromatic carbocycles. The van der Waals surface area contributed by atoms with Crippen molar-refractivity contribution in [2.24, 2.45) is 0 Å². The largest absolute Gasteiger partial charge is 0.369 e. The van der Waals surface area contributed by atoms with E-state index in [1.165, 1.54) is 6.07 Å². The van der Waals surface area contributed by atoms with Gasteiger partial charge in [0, 0.05) is 17.6 Å². The van der Waals surface area contributed by atoms with Gasteiger partial charge < -0.3 is 5.73 Å². The predicted molar refractivity (Wildman–Crippen MR) is 79.4 cm³/mol.